The van der Waals surface area contributed by atoms with E-state index in [1.54, 1.807) is 0 Å². The third kappa shape index (κ3) is 4.01. The van der Waals surface area contributed by atoms with Crippen LogP contribution in [-0.2, 0) is 6.18 Å². The normalized spacial score (nSPS) is 14.2. The van der Waals surface area contributed by atoms with Crippen LogP contribution in [0.25, 0.3) is 0 Å². The minimum atomic E-state index is -4.37. The van der Waals surface area contributed by atoms with Crippen LogP contribution in [0.1, 0.15) is 45.3 Å². The molecule has 6 heteroatoms. The number of aromatic nitrogens is 2. The Morgan fingerprint density at radius 2 is 1.94 bits per heavy atom. The van der Waals surface area contributed by atoms with Crippen molar-refractivity contribution in [3.8, 4) is 0 Å². The first-order valence-electron chi connectivity index (χ1n) is 6.24. The Labute approximate surface area is 105 Å². The standard InChI is InChI=1S/C12H20F3N3/c1-4-10(5-2)16-8-9(3)18-7-6-11(17-18)12(13,14)15/h6-7,9-10,16H,4-5,8H2,1-3H3. The number of alkyl halides is 3. The van der Waals surface area contributed by atoms with Crippen molar-refractivity contribution in [2.45, 2.75) is 51.9 Å². The molecule has 1 atom stereocenters. The fraction of sp³-hybridized carbons (Fsp3) is 0.750. The number of halogens is 3. The van der Waals surface area contributed by atoms with Crippen LogP contribution >= 0.6 is 0 Å². The second-order valence-corrected chi connectivity index (χ2v) is 4.45. The van der Waals surface area contributed by atoms with Gasteiger partial charge in [-0.3, -0.25) is 4.68 Å². The highest BCUT2D eigenvalue weighted by Gasteiger charge is 2.33. The summed E-state index contributed by atoms with van der Waals surface area (Å²) in [6.45, 7) is 6.64. The molecular weight excluding hydrogens is 243 g/mol. The highest BCUT2D eigenvalue weighted by Crippen LogP contribution is 2.27. The molecule has 0 radical (unpaired) electrons. The molecular formula is C12H20F3N3. The summed E-state index contributed by atoms with van der Waals surface area (Å²) in [6.07, 6.45) is -0.970. The smallest absolute Gasteiger partial charge is 0.312 e. The topological polar surface area (TPSA) is 29.9 Å². The molecule has 18 heavy (non-hydrogen) atoms. The molecule has 0 aromatic carbocycles. The van der Waals surface area contributed by atoms with Crippen molar-refractivity contribution < 1.29 is 13.2 Å². The van der Waals surface area contributed by atoms with Gasteiger partial charge >= 0.3 is 6.18 Å². The molecule has 1 heterocycles. The molecule has 1 aromatic rings. The first kappa shape index (κ1) is 15.0. The average Bonchev–Trinajstić information content (AvgIpc) is 2.79. The van der Waals surface area contributed by atoms with Crippen LogP contribution in [-0.4, -0.2) is 22.4 Å². The fourth-order valence-corrected chi connectivity index (χ4v) is 1.74. The molecule has 104 valence electrons. The maximum absolute atomic E-state index is 12.4. The van der Waals surface area contributed by atoms with Crippen LogP contribution in [0.5, 0.6) is 0 Å². The molecule has 0 aliphatic carbocycles. The van der Waals surface area contributed by atoms with Gasteiger partial charge in [0.2, 0.25) is 0 Å². The van der Waals surface area contributed by atoms with Crippen molar-refractivity contribution >= 4 is 0 Å². The second-order valence-electron chi connectivity index (χ2n) is 4.45. The van der Waals surface area contributed by atoms with E-state index >= 15 is 0 Å². The van der Waals surface area contributed by atoms with Crippen molar-refractivity contribution in [3.05, 3.63) is 18.0 Å². The molecule has 0 fully saturated rings. The zero-order chi connectivity index (χ0) is 13.8. The minimum Gasteiger partial charge on any atom is -0.312 e. The zero-order valence-corrected chi connectivity index (χ0v) is 11.0. The van der Waals surface area contributed by atoms with E-state index in [9.17, 15) is 13.2 Å². The van der Waals surface area contributed by atoms with Gasteiger partial charge in [-0.25, -0.2) is 0 Å². The van der Waals surface area contributed by atoms with E-state index < -0.39 is 11.9 Å². The van der Waals surface area contributed by atoms with E-state index in [4.69, 9.17) is 0 Å². The Bertz CT molecular complexity index is 356. The first-order chi connectivity index (χ1) is 8.38. The molecule has 0 saturated carbocycles. The largest absolute Gasteiger partial charge is 0.435 e. The maximum Gasteiger partial charge on any atom is 0.435 e. The molecule has 3 nitrogen and oxygen atoms in total. The summed E-state index contributed by atoms with van der Waals surface area (Å²) in [4.78, 5) is 0. The monoisotopic (exact) mass is 263 g/mol. The number of nitrogens with zero attached hydrogens (tertiary/aromatic N) is 2. The Morgan fingerprint density at radius 1 is 1.33 bits per heavy atom. The zero-order valence-electron chi connectivity index (χ0n) is 11.0. The van der Waals surface area contributed by atoms with E-state index in [1.165, 1.54) is 10.9 Å². The number of rotatable bonds is 6. The summed E-state index contributed by atoms with van der Waals surface area (Å²) in [5, 5.41) is 6.89. The average molecular weight is 263 g/mol. The lowest BCUT2D eigenvalue weighted by Crippen LogP contribution is -2.32. The summed E-state index contributed by atoms with van der Waals surface area (Å²) in [7, 11) is 0. The Balaban J connectivity index is 2.57. The van der Waals surface area contributed by atoms with E-state index in [0.717, 1.165) is 18.9 Å². The molecule has 0 amide bonds. The van der Waals surface area contributed by atoms with Gasteiger partial charge in [0, 0.05) is 18.8 Å². The maximum atomic E-state index is 12.4. The highest BCUT2D eigenvalue weighted by atomic mass is 19.4. The predicted octanol–water partition coefficient (Wildman–Crippen LogP) is 3.24. The lowest BCUT2D eigenvalue weighted by atomic mass is 10.1. The molecule has 1 N–H and O–H groups in total. The molecule has 0 aliphatic heterocycles. The summed E-state index contributed by atoms with van der Waals surface area (Å²) in [5.41, 5.74) is -0.836. The molecule has 1 aromatic heterocycles. The molecule has 0 saturated heterocycles. The van der Waals surface area contributed by atoms with Crippen LogP contribution < -0.4 is 5.32 Å². The van der Waals surface area contributed by atoms with Gasteiger partial charge in [0.05, 0.1) is 6.04 Å². The van der Waals surface area contributed by atoms with Gasteiger partial charge < -0.3 is 5.32 Å². The molecule has 1 unspecified atom stereocenters. The summed E-state index contributed by atoms with van der Waals surface area (Å²) in [5.74, 6) is 0. The summed E-state index contributed by atoms with van der Waals surface area (Å²) < 4.78 is 38.5. The van der Waals surface area contributed by atoms with Gasteiger partial charge in [-0.15, -0.1) is 0 Å². The van der Waals surface area contributed by atoms with Gasteiger partial charge in [0.1, 0.15) is 0 Å². The van der Waals surface area contributed by atoms with E-state index in [-0.39, 0.29) is 6.04 Å². The van der Waals surface area contributed by atoms with Crippen molar-refractivity contribution in [3.63, 3.8) is 0 Å². The van der Waals surface area contributed by atoms with Crippen molar-refractivity contribution in [2.24, 2.45) is 0 Å². The van der Waals surface area contributed by atoms with Crippen molar-refractivity contribution in [2.75, 3.05) is 6.54 Å². The van der Waals surface area contributed by atoms with E-state index in [0.29, 0.717) is 12.6 Å². The van der Waals surface area contributed by atoms with Crippen molar-refractivity contribution in [1.82, 2.24) is 15.1 Å². The summed E-state index contributed by atoms with van der Waals surface area (Å²) >= 11 is 0. The lowest BCUT2D eigenvalue weighted by molar-refractivity contribution is -0.141. The number of hydrogen-bond acceptors (Lipinski definition) is 2. The van der Waals surface area contributed by atoms with E-state index in [1.807, 2.05) is 6.92 Å². The first-order valence-corrected chi connectivity index (χ1v) is 6.24. The molecule has 0 bridgehead atoms. The van der Waals surface area contributed by atoms with Gasteiger partial charge in [-0.05, 0) is 25.8 Å². The van der Waals surface area contributed by atoms with Gasteiger partial charge in [0.25, 0.3) is 0 Å². The Morgan fingerprint density at radius 3 is 2.39 bits per heavy atom. The fourth-order valence-electron chi connectivity index (χ4n) is 1.74. The third-order valence-electron chi connectivity index (χ3n) is 3.04. The van der Waals surface area contributed by atoms with E-state index in [2.05, 4.69) is 24.3 Å². The van der Waals surface area contributed by atoms with Crippen molar-refractivity contribution in [1.29, 1.82) is 0 Å². The quantitative estimate of drug-likeness (QED) is 0.854. The number of nitrogens with one attached hydrogen (secondary N) is 1. The van der Waals surface area contributed by atoms with Crippen LogP contribution in [0.3, 0.4) is 0 Å². The van der Waals surface area contributed by atoms with Crippen LogP contribution in [0.2, 0.25) is 0 Å². The van der Waals surface area contributed by atoms with Gasteiger partial charge in [-0.2, -0.15) is 18.3 Å². The lowest BCUT2D eigenvalue weighted by Gasteiger charge is -2.19. The predicted molar refractivity (Wildman–Crippen MR) is 64.3 cm³/mol. The summed E-state index contributed by atoms with van der Waals surface area (Å²) in [6, 6.07) is 1.32. The SMILES string of the molecule is CCC(CC)NCC(C)n1ccc(C(F)(F)F)n1. The highest BCUT2D eigenvalue weighted by molar-refractivity contribution is 5.03. The van der Waals surface area contributed by atoms with Gasteiger partial charge in [0.15, 0.2) is 5.69 Å². The Kier molecular flexibility index (Phi) is 5.19. The third-order valence-corrected chi connectivity index (χ3v) is 3.04. The van der Waals surface area contributed by atoms with Crippen LogP contribution in [0.4, 0.5) is 13.2 Å². The number of hydrogen-bond donors (Lipinski definition) is 1. The molecule has 1 rings (SSSR count). The second kappa shape index (κ2) is 6.22. The van der Waals surface area contributed by atoms with Crippen LogP contribution in [0, 0.1) is 0 Å². The van der Waals surface area contributed by atoms with Crippen LogP contribution in [0.15, 0.2) is 12.3 Å². The molecule has 0 aliphatic rings. The van der Waals surface area contributed by atoms with Gasteiger partial charge in [-0.1, -0.05) is 13.8 Å². The minimum absolute atomic E-state index is 0.0956. The molecule has 0 spiro atoms. The Hall–Kier alpha value is -1.04.